The summed E-state index contributed by atoms with van der Waals surface area (Å²) in [6.45, 7) is 15.3. The summed E-state index contributed by atoms with van der Waals surface area (Å²) >= 11 is 0. The molecule has 0 unspecified atom stereocenters. The molecule has 1 fully saturated rings. The second-order valence-corrected chi connectivity index (χ2v) is 7.22. The number of nitrogens with zero attached hydrogens (tertiary/aromatic N) is 3. The highest BCUT2D eigenvalue weighted by Crippen LogP contribution is 2.23. The molecule has 0 aliphatic carbocycles. The first-order valence-electron chi connectivity index (χ1n) is 7.93. The standard InChI is InChI=1S/C17H29N3O/c1-13(2)15-10-14(12-21)11-16(18-15)19-6-8-20(9-7-19)17(3,4)5/h10-11,13,21H,6-9,12H2,1-5H3. The average Bonchev–Trinajstić information content (AvgIpc) is 2.46. The van der Waals surface area contributed by atoms with E-state index in [1.807, 2.05) is 12.1 Å². The van der Waals surface area contributed by atoms with Gasteiger partial charge in [0.25, 0.3) is 0 Å². The molecule has 21 heavy (non-hydrogen) atoms. The van der Waals surface area contributed by atoms with Crippen LogP contribution in [0.2, 0.25) is 0 Å². The van der Waals surface area contributed by atoms with Gasteiger partial charge in [-0.25, -0.2) is 4.98 Å². The van der Waals surface area contributed by atoms with Crippen molar-refractivity contribution in [3.8, 4) is 0 Å². The van der Waals surface area contributed by atoms with E-state index in [2.05, 4.69) is 44.4 Å². The van der Waals surface area contributed by atoms with Crippen LogP contribution in [0.4, 0.5) is 5.82 Å². The molecule has 1 aliphatic heterocycles. The van der Waals surface area contributed by atoms with Gasteiger partial charge < -0.3 is 10.0 Å². The smallest absolute Gasteiger partial charge is 0.129 e. The third-order valence-corrected chi connectivity index (χ3v) is 4.22. The van der Waals surface area contributed by atoms with Gasteiger partial charge in [0.15, 0.2) is 0 Å². The lowest BCUT2D eigenvalue weighted by Gasteiger charge is -2.42. The van der Waals surface area contributed by atoms with Gasteiger partial charge in [-0.3, -0.25) is 4.90 Å². The van der Waals surface area contributed by atoms with Gasteiger partial charge in [0.2, 0.25) is 0 Å². The zero-order valence-corrected chi connectivity index (χ0v) is 14.1. The molecular formula is C17H29N3O. The summed E-state index contributed by atoms with van der Waals surface area (Å²) in [6.07, 6.45) is 0. The molecule has 0 saturated carbocycles. The minimum absolute atomic E-state index is 0.0806. The highest BCUT2D eigenvalue weighted by molar-refractivity contribution is 5.43. The fourth-order valence-electron chi connectivity index (χ4n) is 2.75. The maximum Gasteiger partial charge on any atom is 0.129 e. The van der Waals surface area contributed by atoms with Gasteiger partial charge in [-0.15, -0.1) is 0 Å². The molecule has 1 aliphatic rings. The maximum atomic E-state index is 9.46. The minimum atomic E-state index is 0.0806. The summed E-state index contributed by atoms with van der Waals surface area (Å²) in [6, 6.07) is 4.04. The lowest BCUT2D eigenvalue weighted by Crippen LogP contribution is -2.53. The van der Waals surface area contributed by atoms with Crippen LogP contribution in [0.25, 0.3) is 0 Å². The van der Waals surface area contributed by atoms with Crippen LogP contribution in [0.1, 0.15) is 51.8 Å². The summed E-state index contributed by atoms with van der Waals surface area (Å²) < 4.78 is 0. The van der Waals surface area contributed by atoms with Crippen molar-refractivity contribution >= 4 is 5.82 Å². The lowest BCUT2D eigenvalue weighted by atomic mass is 10.0. The molecule has 0 bridgehead atoms. The molecule has 2 rings (SSSR count). The van der Waals surface area contributed by atoms with E-state index in [4.69, 9.17) is 4.98 Å². The van der Waals surface area contributed by atoms with Crippen molar-refractivity contribution < 1.29 is 5.11 Å². The molecule has 2 heterocycles. The molecular weight excluding hydrogens is 262 g/mol. The summed E-state index contributed by atoms with van der Waals surface area (Å²) in [7, 11) is 0. The molecule has 118 valence electrons. The first-order valence-corrected chi connectivity index (χ1v) is 7.93. The molecule has 4 heteroatoms. The number of hydrogen-bond donors (Lipinski definition) is 1. The first-order chi connectivity index (χ1) is 9.81. The third-order valence-electron chi connectivity index (χ3n) is 4.22. The van der Waals surface area contributed by atoms with Crippen molar-refractivity contribution in [2.45, 2.75) is 52.7 Å². The van der Waals surface area contributed by atoms with E-state index in [0.717, 1.165) is 43.3 Å². The van der Waals surface area contributed by atoms with Crippen molar-refractivity contribution in [1.82, 2.24) is 9.88 Å². The van der Waals surface area contributed by atoms with Gasteiger partial charge in [-0.1, -0.05) is 13.8 Å². The number of pyridine rings is 1. The number of anilines is 1. The zero-order valence-electron chi connectivity index (χ0n) is 14.1. The third kappa shape index (κ3) is 3.95. The molecule has 4 nitrogen and oxygen atoms in total. The lowest BCUT2D eigenvalue weighted by molar-refractivity contribution is 0.128. The molecule has 0 radical (unpaired) electrons. The maximum absolute atomic E-state index is 9.46. The Bertz CT molecular complexity index is 471. The largest absolute Gasteiger partial charge is 0.392 e. The van der Waals surface area contributed by atoms with Crippen LogP contribution in [0.3, 0.4) is 0 Å². The summed E-state index contributed by atoms with van der Waals surface area (Å²) in [5, 5.41) is 9.46. The quantitative estimate of drug-likeness (QED) is 0.929. The SMILES string of the molecule is CC(C)c1cc(CO)cc(N2CCN(C(C)(C)C)CC2)n1. The Balaban J connectivity index is 2.14. The summed E-state index contributed by atoms with van der Waals surface area (Å²) in [5.74, 6) is 1.39. The first kappa shape index (κ1) is 16.2. The van der Waals surface area contributed by atoms with E-state index in [9.17, 15) is 5.11 Å². The highest BCUT2D eigenvalue weighted by atomic mass is 16.3. The predicted octanol–water partition coefficient (Wildman–Crippen LogP) is 2.62. The number of aromatic nitrogens is 1. The van der Waals surface area contributed by atoms with E-state index in [1.165, 1.54) is 0 Å². The second-order valence-electron chi connectivity index (χ2n) is 7.22. The Hall–Kier alpha value is -1.13. The van der Waals surface area contributed by atoms with Gasteiger partial charge >= 0.3 is 0 Å². The van der Waals surface area contributed by atoms with E-state index in [-0.39, 0.29) is 12.1 Å². The molecule has 0 amide bonds. The Morgan fingerprint density at radius 3 is 2.24 bits per heavy atom. The average molecular weight is 291 g/mol. The molecule has 0 aromatic carbocycles. The van der Waals surface area contributed by atoms with Gasteiger partial charge in [-0.2, -0.15) is 0 Å². The van der Waals surface area contributed by atoms with Crippen LogP contribution in [-0.2, 0) is 6.61 Å². The molecule has 1 aromatic heterocycles. The van der Waals surface area contributed by atoms with Gasteiger partial charge in [0.05, 0.1) is 6.61 Å². The van der Waals surface area contributed by atoms with Crippen LogP contribution in [0.15, 0.2) is 12.1 Å². The van der Waals surface area contributed by atoms with Crippen molar-refractivity contribution in [3.05, 3.63) is 23.4 Å². The molecule has 0 spiro atoms. The fourth-order valence-corrected chi connectivity index (χ4v) is 2.75. The van der Waals surface area contributed by atoms with Crippen molar-refractivity contribution in [1.29, 1.82) is 0 Å². The molecule has 0 atom stereocenters. The Morgan fingerprint density at radius 2 is 1.76 bits per heavy atom. The van der Waals surface area contributed by atoms with Crippen molar-refractivity contribution in [3.63, 3.8) is 0 Å². The summed E-state index contributed by atoms with van der Waals surface area (Å²) in [4.78, 5) is 9.65. The Kier molecular flexibility index (Phi) is 4.89. The predicted molar refractivity (Wildman–Crippen MR) is 87.8 cm³/mol. The molecule has 1 saturated heterocycles. The van der Waals surface area contributed by atoms with Crippen molar-refractivity contribution in [2.75, 3.05) is 31.1 Å². The van der Waals surface area contributed by atoms with Crippen LogP contribution < -0.4 is 4.90 Å². The van der Waals surface area contributed by atoms with Crippen LogP contribution in [-0.4, -0.2) is 46.7 Å². The van der Waals surface area contributed by atoms with E-state index in [0.29, 0.717) is 5.92 Å². The van der Waals surface area contributed by atoms with Gasteiger partial charge in [0, 0.05) is 37.4 Å². The van der Waals surface area contributed by atoms with Crippen LogP contribution >= 0.6 is 0 Å². The number of hydrogen-bond acceptors (Lipinski definition) is 4. The van der Waals surface area contributed by atoms with E-state index in [1.54, 1.807) is 0 Å². The number of aliphatic hydroxyl groups is 1. The topological polar surface area (TPSA) is 39.6 Å². The Morgan fingerprint density at radius 1 is 1.14 bits per heavy atom. The molecule has 1 aromatic rings. The zero-order chi connectivity index (χ0) is 15.6. The van der Waals surface area contributed by atoms with Gasteiger partial charge in [0.1, 0.15) is 5.82 Å². The Labute approximate surface area is 128 Å². The monoisotopic (exact) mass is 291 g/mol. The van der Waals surface area contributed by atoms with E-state index < -0.39 is 0 Å². The molecule has 1 N–H and O–H groups in total. The minimum Gasteiger partial charge on any atom is -0.392 e. The summed E-state index contributed by atoms with van der Waals surface area (Å²) in [5.41, 5.74) is 2.26. The number of rotatable bonds is 3. The van der Waals surface area contributed by atoms with Crippen LogP contribution in [0, 0.1) is 0 Å². The van der Waals surface area contributed by atoms with E-state index >= 15 is 0 Å². The second kappa shape index (κ2) is 6.32. The van der Waals surface area contributed by atoms with Crippen molar-refractivity contribution in [2.24, 2.45) is 0 Å². The number of aliphatic hydroxyl groups excluding tert-OH is 1. The highest BCUT2D eigenvalue weighted by Gasteiger charge is 2.26. The number of piperazine rings is 1. The van der Waals surface area contributed by atoms with Crippen LogP contribution in [0.5, 0.6) is 0 Å². The van der Waals surface area contributed by atoms with Gasteiger partial charge in [-0.05, 0) is 44.4 Å². The fraction of sp³-hybridized carbons (Fsp3) is 0.706. The normalized spacial score (nSPS) is 17.6.